The molecule has 15 nitrogen and oxygen atoms in total. The van der Waals surface area contributed by atoms with Crippen LogP contribution in [0.2, 0.25) is 0 Å². The lowest BCUT2D eigenvalue weighted by Crippen LogP contribution is -2.68. The lowest BCUT2D eigenvalue weighted by molar-refractivity contribution is -0.150. The number of hydrogen-bond acceptors (Lipinski definition) is 7. The van der Waals surface area contributed by atoms with E-state index in [2.05, 4.69) is 31.2 Å². The summed E-state index contributed by atoms with van der Waals surface area (Å²) in [6, 6.07) is 10.3. The van der Waals surface area contributed by atoms with E-state index in [1.807, 2.05) is 54.7 Å². The van der Waals surface area contributed by atoms with Crippen molar-refractivity contribution < 1.29 is 28.8 Å². The Balaban J connectivity index is 1.10. The van der Waals surface area contributed by atoms with E-state index >= 15 is 0 Å². The highest BCUT2D eigenvalue weighted by Gasteiger charge is 2.52. The van der Waals surface area contributed by atoms with E-state index in [-0.39, 0.29) is 43.7 Å². The zero-order chi connectivity index (χ0) is 41.5. The summed E-state index contributed by atoms with van der Waals surface area (Å²) < 4.78 is 0. The van der Waals surface area contributed by atoms with Gasteiger partial charge in [0.1, 0.15) is 35.7 Å². The summed E-state index contributed by atoms with van der Waals surface area (Å²) in [4.78, 5) is 97.8. The molecule has 6 amide bonds. The first-order chi connectivity index (χ1) is 29.1. The number of hydrogen-bond donors (Lipinski definition) is 7. The summed E-state index contributed by atoms with van der Waals surface area (Å²) in [5.41, 5.74) is 8.06. The number of amides is 6. The molecular formula is C45H55N9O6. The molecule has 0 unspecified atom stereocenters. The van der Waals surface area contributed by atoms with Crippen LogP contribution in [-0.2, 0) is 41.6 Å². The fraction of sp³-hybridized carbons (Fsp3) is 0.511. The Bertz CT molecular complexity index is 2310. The Kier molecular flexibility index (Phi) is 10.9. The molecule has 2 aromatic heterocycles. The number of aromatic amines is 2. The second-order valence-corrected chi connectivity index (χ2v) is 17.6. The van der Waals surface area contributed by atoms with Gasteiger partial charge in [0, 0.05) is 59.6 Å². The van der Waals surface area contributed by atoms with Crippen molar-refractivity contribution in [2.24, 2.45) is 11.7 Å². The number of nitrogens with two attached hydrogens (primary N) is 1. The minimum absolute atomic E-state index is 0.0929. The van der Waals surface area contributed by atoms with E-state index in [0.29, 0.717) is 45.1 Å². The average Bonchev–Trinajstić information content (AvgIpc) is 4.06. The van der Waals surface area contributed by atoms with Crippen molar-refractivity contribution in [3.63, 3.8) is 0 Å². The van der Waals surface area contributed by atoms with Crippen LogP contribution >= 0.6 is 0 Å². The fourth-order valence-electron chi connectivity index (χ4n) is 10.7. The first kappa shape index (κ1) is 39.7. The van der Waals surface area contributed by atoms with Crippen molar-refractivity contribution in [2.45, 2.75) is 125 Å². The molecule has 2 aromatic carbocycles. The molecule has 3 aliphatic heterocycles. The molecule has 9 rings (SSSR count). The quantitative estimate of drug-likeness (QED) is 0.154. The monoisotopic (exact) mass is 817 g/mol. The summed E-state index contributed by atoms with van der Waals surface area (Å²) in [6.45, 7) is 0.408. The number of carbonyl (C=O) groups is 6. The summed E-state index contributed by atoms with van der Waals surface area (Å²) >= 11 is 0. The third-order valence-corrected chi connectivity index (χ3v) is 14.0. The topological polar surface area (TPSA) is 215 Å². The van der Waals surface area contributed by atoms with Crippen molar-refractivity contribution in [3.8, 4) is 0 Å². The van der Waals surface area contributed by atoms with Crippen molar-refractivity contribution >= 4 is 57.2 Å². The van der Waals surface area contributed by atoms with E-state index in [1.165, 1.54) is 0 Å². The first-order valence-corrected chi connectivity index (χ1v) is 21.8. The Morgan fingerprint density at radius 2 is 1.28 bits per heavy atom. The van der Waals surface area contributed by atoms with Gasteiger partial charge in [0.05, 0.1) is 0 Å². The number of nitrogens with one attached hydrogen (secondary N) is 6. The van der Waals surface area contributed by atoms with Crippen LogP contribution in [-0.4, -0.2) is 110 Å². The summed E-state index contributed by atoms with van der Waals surface area (Å²) in [5, 5.41) is 13.8. The smallest absolute Gasteiger partial charge is 0.246 e. The third kappa shape index (κ3) is 7.30. The van der Waals surface area contributed by atoms with Crippen LogP contribution in [0, 0.1) is 5.92 Å². The standard InChI is InChI=1S/C45H55N9O6/c46-19-16-33-42(58)53-20-7-15-37(53)43(59)54-36-14-6-1-9-26(36)23-38(54)41(57)50-35(22-28-25-48-32-13-5-3-11-30(28)32)40(56)52-45(17-8-18-45)44(60)51-34(39(55)49-33)21-27-24-47-31-12-4-2-10-29(27)31/h2-5,10-13,24-26,33-38,47-48H,1,6-9,14-23,46H2,(H,49,55)(H,50,57)(H,51,60)(H,52,56)/t26-,33+,34+,35+,36-,37-,38-/m1/s1. The van der Waals surface area contributed by atoms with Gasteiger partial charge < -0.3 is 46.8 Å². The molecular weight excluding hydrogens is 763 g/mol. The van der Waals surface area contributed by atoms with Gasteiger partial charge in [0.2, 0.25) is 35.4 Å². The first-order valence-electron chi connectivity index (χ1n) is 21.8. The van der Waals surface area contributed by atoms with Crippen LogP contribution in [0.25, 0.3) is 21.8 Å². The maximum absolute atomic E-state index is 14.9. The van der Waals surface area contributed by atoms with Crippen LogP contribution in [0.4, 0.5) is 0 Å². The van der Waals surface area contributed by atoms with Gasteiger partial charge in [-0.2, -0.15) is 0 Å². The fourth-order valence-corrected chi connectivity index (χ4v) is 10.7. The SMILES string of the molecule is NCC[C@@H]1NC(=O)[C@H](Cc2c[nH]c3ccccc23)NC(=O)C2(CCC2)NC(=O)[C@H](Cc2c[nH]c3ccccc23)NC(=O)[C@H]2C[C@H]3CCCC[C@H]3N2C(=O)[C@H]2CCCN2C1=O. The lowest BCUT2D eigenvalue weighted by Gasteiger charge is -2.42. The molecule has 5 heterocycles. The molecule has 15 heteroatoms. The number of H-pyrrole nitrogens is 2. The molecule has 5 aliphatic rings. The Labute approximate surface area is 348 Å². The third-order valence-electron chi connectivity index (χ3n) is 14.0. The van der Waals surface area contributed by atoms with Gasteiger partial charge in [0.15, 0.2) is 0 Å². The van der Waals surface area contributed by atoms with Crippen LogP contribution in [0.15, 0.2) is 60.9 Å². The molecule has 3 saturated heterocycles. The van der Waals surface area contributed by atoms with Gasteiger partial charge in [-0.05, 0) is 93.5 Å². The molecule has 4 aromatic rings. The van der Waals surface area contributed by atoms with E-state index in [9.17, 15) is 28.8 Å². The van der Waals surface area contributed by atoms with E-state index < -0.39 is 65.3 Å². The normalized spacial score (nSPS) is 28.9. The molecule has 60 heavy (non-hydrogen) atoms. The summed E-state index contributed by atoms with van der Waals surface area (Å²) in [6.07, 6.45) is 10.3. The molecule has 7 atom stereocenters. The zero-order valence-corrected chi connectivity index (χ0v) is 33.8. The minimum Gasteiger partial charge on any atom is -0.361 e. The molecule has 1 spiro atoms. The predicted molar refractivity (Wildman–Crippen MR) is 224 cm³/mol. The number of rotatable bonds is 6. The molecule has 5 fully saturated rings. The van der Waals surface area contributed by atoms with Gasteiger partial charge in [-0.15, -0.1) is 0 Å². The Morgan fingerprint density at radius 1 is 0.650 bits per heavy atom. The largest absolute Gasteiger partial charge is 0.361 e. The zero-order valence-electron chi connectivity index (χ0n) is 33.8. The van der Waals surface area contributed by atoms with Crippen molar-refractivity contribution in [3.05, 3.63) is 72.1 Å². The highest BCUT2D eigenvalue weighted by Crippen LogP contribution is 2.41. The van der Waals surface area contributed by atoms with Crippen molar-refractivity contribution in [2.75, 3.05) is 13.1 Å². The van der Waals surface area contributed by atoms with Gasteiger partial charge in [-0.1, -0.05) is 49.2 Å². The van der Waals surface area contributed by atoms with Crippen LogP contribution in [0.1, 0.15) is 81.8 Å². The van der Waals surface area contributed by atoms with Gasteiger partial charge >= 0.3 is 0 Å². The molecule has 316 valence electrons. The Morgan fingerprint density at radius 3 is 1.93 bits per heavy atom. The van der Waals surface area contributed by atoms with E-state index in [0.717, 1.165) is 58.6 Å². The molecule has 2 saturated carbocycles. The van der Waals surface area contributed by atoms with Crippen LogP contribution in [0.5, 0.6) is 0 Å². The highest BCUT2D eigenvalue weighted by molar-refractivity contribution is 6.01. The average molecular weight is 818 g/mol. The molecule has 8 N–H and O–H groups in total. The number of fused-ring (bicyclic) bond motifs is 6. The number of para-hydroxylation sites is 2. The predicted octanol–water partition coefficient (Wildman–Crippen LogP) is 2.44. The van der Waals surface area contributed by atoms with Crippen LogP contribution < -0.4 is 27.0 Å². The number of benzene rings is 2. The lowest BCUT2D eigenvalue weighted by atomic mass is 9.75. The number of nitrogens with zero attached hydrogens (tertiary/aromatic N) is 2. The van der Waals surface area contributed by atoms with Crippen LogP contribution in [0.3, 0.4) is 0 Å². The van der Waals surface area contributed by atoms with E-state index in [1.54, 1.807) is 16.0 Å². The maximum atomic E-state index is 14.9. The maximum Gasteiger partial charge on any atom is 0.246 e. The van der Waals surface area contributed by atoms with Crippen molar-refractivity contribution in [1.82, 2.24) is 41.0 Å². The second kappa shape index (κ2) is 16.4. The molecule has 0 radical (unpaired) electrons. The molecule has 0 bridgehead atoms. The number of aromatic nitrogens is 2. The Hall–Kier alpha value is -5.70. The van der Waals surface area contributed by atoms with E-state index in [4.69, 9.17) is 5.73 Å². The van der Waals surface area contributed by atoms with Gasteiger partial charge in [0.25, 0.3) is 0 Å². The highest BCUT2D eigenvalue weighted by atomic mass is 16.2. The van der Waals surface area contributed by atoms with Gasteiger partial charge in [-0.25, -0.2) is 0 Å². The van der Waals surface area contributed by atoms with Gasteiger partial charge in [-0.3, -0.25) is 28.8 Å². The molecule has 2 aliphatic carbocycles. The second-order valence-electron chi connectivity index (χ2n) is 17.6. The summed E-state index contributed by atoms with van der Waals surface area (Å²) in [5.74, 6) is -2.61. The number of carbonyl (C=O) groups excluding carboxylic acids is 6. The summed E-state index contributed by atoms with van der Waals surface area (Å²) in [7, 11) is 0. The van der Waals surface area contributed by atoms with Crippen molar-refractivity contribution in [1.29, 1.82) is 0 Å². The minimum atomic E-state index is -1.34.